The van der Waals surface area contributed by atoms with Crippen LogP contribution in [0, 0.1) is 6.92 Å². The Morgan fingerprint density at radius 1 is 1.33 bits per heavy atom. The van der Waals surface area contributed by atoms with Gasteiger partial charge in [0, 0.05) is 0 Å². The van der Waals surface area contributed by atoms with Gasteiger partial charge in [0.05, 0.1) is 5.75 Å². The molecule has 18 heavy (non-hydrogen) atoms. The van der Waals surface area contributed by atoms with Crippen molar-refractivity contribution < 1.29 is 13.0 Å². The topological polar surface area (TPSA) is 54.4 Å². The van der Waals surface area contributed by atoms with Crippen molar-refractivity contribution in [3.8, 4) is 0 Å². The highest BCUT2D eigenvalue weighted by atomic mass is 32.2. The Morgan fingerprint density at radius 2 is 2.11 bits per heavy atom. The Kier molecular flexibility index (Phi) is 4.07. The summed E-state index contributed by atoms with van der Waals surface area (Å²) in [6.07, 6.45) is 4.75. The first kappa shape index (κ1) is 13.6. The monoisotopic (exact) mass is 268 g/mol. The maximum absolute atomic E-state index is 10.6. The lowest BCUT2D eigenvalue weighted by Gasteiger charge is -2.11. The summed E-state index contributed by atoms with van der Waals surface area (Å²) in [7, 11) is -3.79. The molecule has 100 valence electrons. The van der Waals surface area contributed by atoms with Gasteiger partial charge in [0.15, 0.2) is 0 Å². The predicted molar refractivity (Wildman–Crippen MR) is 72.5 cm³/mol. The molecule has 1 unspecified atom stereocenters. The Morgan fingerprint density at radius 3 is 2.83 bits per heavy atom. The summed E-state index contributed by atoms with van der Waals surface area (Å²) in [5.74, 6) is 0.460. The fourth-order valence-electron chi connectivity index (χ4n) is 2.90. The normalized spacial score (nSPS) is 18.9. The van der Waals surface area contributed by atoms with E-state index in [2.05, 4.69) is 25.1 Å². The van der Waals surface area contributed by atoms with E-state index in [4.69, 9.17) is 4.55 Å². The molecule has 0 spiro atoms. The van der Waals surface area contributed by atoms with E-state index in [9.17, 15) is 8.42 Å². The third-order valence-electron chi connectivity index (χ3n) is 3.83. The fraction of sp³-hybridized carbons (Fsp3) is 0.571. The maximum atomic E-state index is 10.6. The number of hydrogen-bond donors (Lipinski definition) is 1. The molecule has 0 fully saturated rings. The summed E-state index contributed by atoms with van der Waals surface area (Å²) in [5.41, 5.74) is 4.30. The van der Waals surface area contributed by atoms with Crippen LogP contribution in [0.5, 0.6) is 0 Å². The van der Waals surface area contributed by atoms with E-state index >= 15 is 0 Å². The van der Waals surface area contributed by atoms with Crippen LogP contribution in [0.4, 0.5) is 0 Å². The van der Waals surface area contributed by atoms with E-state index in [0.717, 1.165) is 19.3 Å². The highest BCUT2D eigenvalue weighted by Gasteiger charge is 2.22. The minimum absolute atomic E-state index is 0.111. The van der Waals surface area contributed by atoms with E-state index in [-0.39, 0.29) is 5.75 Å². The van der Waals surface area contributed by atoms with Crippen LogP contribution in [0.2, 0.25) is 0 Å². The van der Waals surface area contributed by atoms with Crippen LogP contribution in [0.3, 0.4) is 0 Å². The van der Waals surface area contributed by atoms with Crippen LogP contribution < -0.4 is 0 Å². The zero-order valence-electron chi connectivity index (χ0n) is 10.7. The summed E-state index contributed by atoms with van der Waals surface area (Å²) >= 11 is 0. The minimum atomic E-state index is -3.79. The standard InChI is InChI=1S/C14H20O3S/c1-11-5-4-7-14-12(8-9-13(11)14)6-2-3-10-18(15,16)17/h4-5,7,12H,2-3,6,8-10H2,1H3,(H,15,16,17). The highest BCUT2D eigenvalue weighted by Crippen LogP contribution is 2.37. The van der Waals surface area contributed by atoms with Crippen molar-refractivity contribution in [3.63, 3.8) is 0 Å². The molecule has 3 nitrogen and oxygen atoms in total. The van der Waals surface area contributed by atoms with E-state index in [1.54, 1.807) is 0 Å². The average Bonchev–Trinajstić information content (AvgIpc) is 2.68. The molecular weight excluding hydrogens is 248 g/mol. The Hall–Kier alpha value is -0.870. The first-order chi connectivity index (χ1) is 8.47. The molecule has 0 saturated carbocycles. The molecule has 0 heterocycles. The molecule has 4 heteroatoms. The molecule has 0 amide bonds. The third kappa shape index (κ3) is 3.33. The Labute approximate surface area is 109 Å². The summed E-state index contributed by atoms with van der Waals surface area (Å²) < 4.78 is 29.9. The van der Waals surface area contributed by atoms with Crippen LogP contribution in [-0.4, -0.2) is 18.7 Å². The molecule has 1 aliphatic rings. The van der Waals surface area contributed by atoms with Crippen LogP contribution in [0.25, 0.3) is 0 Å². The quantitative estimate of drug-likeness (QED) is 0.659. The molecule has 0 aromatic heterocycles. The molecule has 1 aromatic carbocycles. The number of rotatable bonds is 5. The summed E-state index contributed by atoms with van der Waals surface area (Å²) in [5, 5.41) is 0. The van der Waals surface area contributed by atoms with E-state index in [1.165, 1.54) is 23.1 Å². The van der Waals surface area contributed by atoms with Gasteiger partial charge < -0.3 is 0 Å². The number of hydrogen-bond acceptors (Lipinski definition) is 2. The molecule has 0 saturated heterocycles. The summed E-state index contributed by atoms with van der Waals surface area (Å²) in [6.45, 7) is 2.15. The molecule has 2 rings (SSSR count). The lowest BCUT2D eigenvalue weighted by molar-refractivity contribution is 0.477. The van der Waals surface area contributed by atoms with Crippen molar-refractivity contribution in [2.24, 2.45) is 0 Å². The van der Waals surface area contributed by atoms with Crippen LogP contribution >= 0.6 is 0 Å². The number of fused-ring (bicyclic) bond motifs is 1. The SMILES string of the molecule is Cc1cccc2c1CCC2CCCCS(=O)(=O)O. The van der Waals surface area contributed by atoms with Gasteiger partial charge in [-0.1, -0.05) is 24.6 Å². The van der Waals surface area contributed by atoms with Crippen molar-refractivity contribution in [3.05, 3.63) is 34.9 Å². The van der Waals surface area contributed by atoms with E-state index < -0.39 is 10.1 Å². The van der Waals surface area contributed by atoms with Crippen molar-refractivity contribution in [1.29, 1.82) is 0 Å². The van der Waals surface area contributed by atoms with Crippen LogP contribution in [-0.2, 0) is 16.5 Å². The van der Waals surface area contributed by atoms with Gasteiger partial charge >= 0.3 is 0 Å². The summed E-state index contributed by atoms with van der Waals surface area (Å²) in [4.78, 5) is 0. The molecule has 0 bridgehead atoms. The van der Waals surface area contributed by atoms with Gasteiger partial charge in [0.25, 0.3) is 10.1 Å². The maximum Gasteiger partial charge on any atom is 0.264 e. The molecule has 0 aliphatic heterocycles. The average molecular weight is 268 g/mol. The van der Waals surface area contributed by atoms with Crippen molar-refractivity contribution in [1.82, 2.24) is 0 Å². The van der Waals surface area contributed by atoms with E-state index in [0.29, 0.717) is 12.3 Å². The smallest absolute Gasteiger partial charge is 0.264 e. The largest absolute Gasteiger partial charge is 0.286 e. The molecule has 1 N–H and O–H groups in total. The number of unbranched alkanes of at least 4 members (excludes halogenated alkanes) is 1. The Bertz CT molecular complexity index is 520. The zero-order valence-corrected chi connectivity index (χ0v) is 11.5. The van der Waals surface area contributed by atoms with Gasteiger partial charge in [-0.25, -0.2) is 0 Å². The number of aryl methyl sites for hydroxylation is 1. The van der Waals surface area contributed by atoms with Crippen LogP contribution in [0.1, 0.15) is 48.3 Å². The lowest BCUT2D eigenvalue weighted by atomic mass is 9.94. The molecular formula is C14H20O3S. The number of benzene rings is 1. The third-order valence-corrected chi connectivity index (χ3v) is 4.64. The fourth-order valence-corrected chi connectivity index (χ4v) is 3.47. The van der Waals surface area contributed by atoms with E-state index in [1.807, 2.05) is 0 Å². The molecule has 1 atom stereocenters. The second-order valence-corrected chi connectivity index (χ2v) is 6.73. The van der Waals surface area contributed by atoms with Crippen molar-refractivity contribution >= 4 is 10.1 Å². The minimum Gasteiger partial charge on any atom is -0.286 e. The van der Waals surface area contributed by atoms with Gasteiger partial charge in [0.2, 0.25) is 0 Å². The highest BCUT2D eigenvalue weighted by molar-refractivity contribution is 7.85. The first-order valence-corrected chi connectivity index (χ1v) is 8.12. The van der Waals surface area contributed by atoms with Gasteiger partial charge in [-0.15, -0.1) is 0 Å². The predicted octanol–water partition coefficient (Wildman–Crippen LogP) is 3.08. The van der Waals surface area contributed by atoms with Crippen LogP contribution in [0.15, 0.2) is 18.2 Å². The lowest BCUT2D eigenvalue weighted by Crippen LogP contribution is -2.04. The molecule has 1 aromatic rings. The van der Waals surface area contributed by atoms with Gasteiger partial charge in [0.1, 0.15) is 0 Å². The van der Waals surface area contributed by atoms with Gasteiger partial charge in [-0.05, 0) is 55.2 Å². The molecule has 0 radical (unpaired) electrons. The zero-order chi connectivity index (χ0) is 13.2. The molecule has 1 aliphatic carbocycles. The van der Waals surface area contributed by atoms with Gasteiger partial charge in [-0.3, -0.25) is 4.55 Å². The second-order valence-electron chi connectivity index (χ2n) is 5.16. The first-order valence-electron chi connectivity index (χ1n) is 6.51. The second kappa shape index (κ2) is 5.41. The Balaban J connectivity index is 1.89. The van der Waals surface area contributed by atoms with Crippen molar-refractivity contribution in [2.75, 3.05) is 5.75 Å². The van der Waals surface area contributed by atoms with Gasteiger partial charge in [-0.2, -0.15) is 8.42 Å². The van der Waals surface area contributed by atoms with Crippen molar-refractivity contribution in [2.45, 2.75) is 44.9 Å². The summed E-state index contributed by atoms with van der Waals surface area (Å²) in [6, 6.07) is 6.45.